The van der Waals surface area contributed by atoms with Gasteiger partial charge in [-0.15, -0.1) is 0 Å². The Kier molecular flexibility index (Phi) is 3.09. The number of fused-ring (bicyclic) bond motifs is 1. The van der Waals surface area contributed by atoms with Gasteiger partial charge in [0.2, 0.25) is 0 Å². The Morgan fingerprint density at radius 2 is 2.25 bits per heavy atom. The number of likely N-dealkylation sites (tertiary alicyclic amines) is 1. The summed E-state index contributed by atoms with van der Waals surface area (Å²) in [7, 11) is 0. The minimum atomic E-state index is -0.847. The van der Waals surface area contributed by atoms with Crippen LogP contribution in [0.1, 0.15) is 23.2 Å². The molecule has 1 atom stereocenters. The third-order valence-electron chi connectivity index (χ3n) is 3.57. The number of aliphatic carboxylic acids is 1. The Morgan fingerprint density at radius 3 is 3.05 bits per heavy atom. The first-order chi connectivity index (χ1) is 9.66. The molecule has 104 valence electrons. The maximum Gasteiger partial charge on any atom is 0.308 e. The van der Waals surface area contributed by atoms with E-state index in [1.165, 1.54) is 10.7 Å². The number of rotatable bonds is 2. The zero-order chi connectivity index (χ0) is 14.1. The van der Waals surface area contributed by atoms with Gasteiger partial charge in [-0.1, -0.05) is 0 Å². The van der Waals surface area contributed by atoms with E-state index in [-0.39, 0.29) is 12.5 Å². The van der Waals surface area contributed by atoms with Crippen LogP contribution in [-0.4, -0.2) is 49.6 Å². The van der Waals surface area contributed by atoms with Crippen LogP contribution in [0.2, 0.25) is 0 Å². The van der Waals surface area contributed by atoms with Gasteiger partial charge in [0.1, 0.15) is 5.56 Å². The van der Waals surface area contributed by atoms with Gasteiger partial charge in [-0.2, -0.15) is 5.10 Å². The molecule has 0 spiro atoms. The molecule has 7 nitrogen and oxygen atoms in total. The third-order valence-corrected chi connectivity index (χ3v) is 3.57. The molecule has 0 saturated carbocycles. The lowest BCUT2D eigenvalue weighted by Gasteiger charge is -2.30. The van der Waals surface area contributed by atoms with E-state index in [1.54, 1.807) is 23.4 Å². The lowest BCUT2D eigenvalue weighted by Crippen LogP contribution is -2.42. The number of amides is 1. The molecule has 3 heterocycles. The molecule has 0 aliphatic carbocycles. The van der Waals surface area contributed by atoms with E-state index in [0.717, 1.165) is 0 Å². The number of hydrogen-bond donors (Lipinski definition) is 1. The number of carboxylic acid groups (broad SMARTS) is 1. The lowest BCUT2D eigenvalue weighted by atomic mass is 9.98. The van der Waals surface area contributed by atoms with Crippen LogP contribution in [0, 0.1) is 5.92 Å². The number of piperidine rings is 1. The third kappa shape index (κ3) is 2.11. The van der Waals surface area contributed by atoms with Crippen molar-refractivity contribution < 1.29 is 14.7 Å². The van der Waals surface area contributed by atoms with Gasteiger partial charge >= 0.3 is 5.97 Å². The fourth-order valence-corrected chi connectivity index (χ4v) is 2.51. The molecular weight excluding hydrogens is 260 g/mol. The normalized spacial score (nSPS) is 19.2. The Bertz CT molecular complexity index is 666. The molecule has 2 aromatic rings. The van der Waals surface area contributed by atoms with Crippen molar-refractivity contribution in [3.05, 3.63) is 30.2 Å². The molecule has 1 fully saturated rings. The van der Waals surface area contributed by atoms with Crippen molar-refractivity contribution in [3.63, 3.8) is 0 Å². The summed E-state index contributed by atoms with van der Waals surface area (Å²) in [5, 5.41) is 13.2. The number of carbonyl (C=O) groups is 2. The highest BCUT2D eigenvalue weighted by Crippen LogP contribution is 2.20. The van der Waals surface area contributed by atoms with Crippen LogP contribution < -0.4 is 0 Å². The molecule has 0 radical (unpaired) electrons. The van der Waals surface area contributed by atoms with E-state index in [0.29, 0.717) is 30.6 Å². The second-order valence-electron chi connectivity index (χ2n) is 4.87. The highest BCUT2D eigenvalue weighted by molar-refractivity contribution is 5.99. The summed E-state index contributed by atoms with van der Waals surface area (Å²) >= 11 is 0. The van der Waals surface area contributed by atoms with Gasteiger partial charge < -0.3 is 10.0 Å². The van der Waals surface area contributed by atoms with Crippen molar-refractivity contribution in [1.29, 1.82) is 0 Å². The molecule has 1 N–H and O–H groups in total. The molecule has 1 saturated heterocycles. The van der Waals surface area contributed by atoms with E-state index in [4.69, 9.17) is 5.11 Å². The monoisotopic (exact) mass is 274 g/mol. The highest BCUT2D eigenvalue weighted by atomic mass is 16.4. The summed E-state index contributed by atoms with van der Waals surface area (Å²) < 4.78 is 1.53. The first-order valence-electron chi connectivity index (χ1n) is 6.47. The maximum atomic E-state index is 12.5. The smallest absolute Gasteiger partial charge is 0.308 e. The van der Waals surface area contributed by atoms with Crippen molar-refractivity contribution >= 4 is 17.5 Å². The topological polar surface area (TPSA) is 87.8 Å². The number of aromatic nitrogens is 3. The summed E-state index contributed by atoms with van der Waals surface area (Å²) in [5.74, 6) is -1.53. The number of carboxylic acids is 1. The fourth-order valence-electron chi connectivity index (χ4n) is 2.51. The molecule has 1 amide bonds. The standard InChI is InChI=1S/C13H14N4O3/c18-12(16-5-1-3-9(8-16)13(19)20)10-7-15-17-6-2-4-14-11(10)17/h2,4,6-7,9H,1,3,5,8H2,(H,19,20). The Labute approximate surface area is 114 Å². The van der Waals surface area contributed by atoms with E-state index in [9.17, 15) is 9.59 Å². The van der Waals surface area contributed by atoms with Crippen LogP contribution in [0.5, 0.6) is 0 Å². The lowest BCUT2D eigenvalue weighted by molar-refractivity contribution is -0.143. The van der Waals surface area contributed by atoms with Crippen LogP contribution in [0.15, 0.2) is 24.7 Å². The predicted molar refractivity (Wildman–Crippen MR) is 69.3 cm³/mol. The Hall–Kier alpha value is -2.44. The zero-order valence-corrected chi connectivity index (χ0v) is 10.8. The summed E-state index contributed by atoms with van der Waals surface area (Å²) in [5.41, 5.74) is 0.909. The zero-order valence-electron chi connectivity index (χ0n) is 10.8. The fraction of sp³-hybridized carbons (Fsp3) is 0.385. The van der Waals surface area contributed by atoms with Gasteiger partial charge in [0.15, 0.2) is 5.65 Å². The van der Waals surface area contributed by atoms with Gasteiger partial charge in [-0.25, -0.2) is 9.50 Å². The van der Waals surface area contributed by atoms with Crippen LogP contribution in [0.25, 0.3) is 5.65 Å². The molecule has 0 aromatic carbocycles. The first-order valence-corrected chi connectivity index (χ1v) is 6.47. The quantitative estimate of drug-likeness (QED) is 0.869. The van der Waals surface area contributed by atoms with Gasteiger partial charge in [0, 0.05) is 25.5 Å². The minimum Gasteiger partial charge on any atom is -0.481 e. The molecule has 1 unspecified atom stereocenters. The maximum absolute atomic E-state index is 12.5. The SMILES string of the molecule is O=C(O)C1CCCN(C(=O)c2cnn3cccnc23)C1. The van der Waals surface area contributed by atoms with Crippen molar-refractivity contribution in [3.8, 4) is 0 Å². The average Bonchev–Trinajstić information content (AvgIpc) is 2.90. The highest BCUT2D eigenvalue weighted by Gasteiger charge is 2.30. The summed E-state index contributed by atoms with van der Waals surface area (Å²) in [6.45, 7) is 0.825. The van der Waals surface area contributed by atoms with Crippen molar-refractivity contribution in [2.45, 2.75) is 12.8 Å². The van der Waals surface area contributed by atoms with Crippen LogP contribution >= 0.6 is 0 Å². The predicted octanol–water partition coefficient (Wildman–Crippen LogP) is 0.666. The molecule has 7 heteroatoms. The molecule has 20 heavy (non-hydrogen) atoms. The average molecular weight is 274 g/mol. The van der Waals surface area contributed by atoms with Gasteiger partial charge in [-0.3, -0.25) is 9.59 Å². The van der Waals surface area contributed by atoms with E-state index >= 15 is 0 Å². The molecule has 3 rings (SSSR count). The van der Waals surface area contributed by atoms with E-state index in [2.05, 4.69) is 10.1 Å². The summed E-state index contributed by atoms with van der Waals surface area (Å²) in [4.78, 5) is 29.3. The second kappa shape index (κ2) is 4.92. The molecule has 0 bridgehead atoms. The number of hydrogen-bond acceptors (Lipinski definition) is 4. The second-order valence-corrected chi connectivity index (χ2v) is 4.87. The Morgan fingerprint density at radius 1 is 1.40 bits per heavy atom. The van der Waals surface area contributed by atoms with Crippen LogP contribution in [-0.2, 0) is 4.79 Å². The molecule has 1 aliphatic rings. The molecule has 2 aromatic heterocycles. The molecule has 1 aliphatic heterocycles. The largest absolute Gasteiger partial charge is 0.481 e. The molecular formula is C13H14N4O3. The van der Waals surface area contributed by atoms with Crippen LogP contribution in [0.4, 0.5) is 0 Å². The van der Waals surface area contributed by atoms with Gasteiger partial charge in [-0.05, 0) is 18.9 Å². The Balaban J connectivity index is 1.87. The summed E-state index contributed by atoms with van der Waals surface area (Å²) in [6, 6.07) is 1.73. The van der Waals surface area contributed by atoms with Crippen molar-refractivity contribution in [2.75, 3.05) is 13.1 Å². The van der Waals surface area contributed by atoms with Crippen molar-refractivity contribution in [2.24, 2.45) is 5.92 Å². The number of carbonyl (C=O) groups excluding carboxylic acids is 1. The minimum absolute atomic E-state index is 0.204. The van der Waals surface area contributed by atoms with E-state index in [1.807, 2.05) is 0 Å². The van der Waals surface area contributed by atoms with Crippen molar-refractivity contribution in [1.82, 2.24) is 19.5 Å². The summed E-state index contributed by atoms with van der Waals surface area (Å²) in [6.07, 6.45) is 6.12. The first kappa shape index (κ1) is 12.6. The number of nitrogens with zero attached hydrogens (tertiary/aromatic N) is 4. The van der Waals surface area contributed by atoms with Crippen LogP contribution in [0.3, 0.4) is 0 Å². The van der Waals surface area contributed by atoms with Gasteiger partial charge in [0.05, 0.1) is 12.1 Å². The van der Waals surface area contributed by atoms with Gasteiger partial charge in [0.25, 0.3) is 5.91 Å². The van der Waals surface area contributed by atoms with E-state index < -0.39 is 11.9 Å².